The second-order valence-corrected chi connectivity index (χ2v) is 8.96. The van der Waals surface area contributed by atoms with E-state index in [0.29, 0.717) is 5.69 Å². The van der Waals surface area contributed by atoms with Crippen molar-refractivity contribution in [3.8, 4) is 0 Å². The molecule has 0 saturated carbocycles. The fourth-order valence-electron chi connectivity index (χ4n) is 3.98. The lowest BCUT2D eigenvalue weighted by Gasteiger charge is -2.45. The Kier molecular flexibility index (Phi) is 13.0. The fraction of sp³-hybridized carbons (Fsp3) is 0.538. The van der Waals surface area contributed by atoms with Gasteiger partial charge in [-0.1, -0.05) is 18.2 Å². The number of carbonyl (C=O) groups excluding carboxylic acids is 6. The highest BCUT2D eigenvalue weighted by atomic mass is 16.7. The Balaban J connectivity index is 2.42. The van der Waals surface area contributed by atoms with Gasteiger partial charge in [0, 0.05) is 26.5 Å². The topological polar surface area (TPSA) is 203 Å². The van der Waals surface area contributed by atoms with E-state index in [2.05, 4.69) is 20.7 Å². The molecule has 1 aromatic rings. The fourth-order valence-corrected chi connectivity index (χ4v) is 3.98. The van der Waals surface area contributed by atoms with Crippen molar-refractivity contribution in [1.29, 1.82) is 0 Å². The minimum Gasteiger partial charge on any atom is -0.467 e. The first-order valence-electron chi connectivity index (χ1n) is 12.7. The molecule has 2 rings (SSSR count). The van der Waals surface area contributed by atoms with Crippen LogP contribution >= 0.6 is 0 Å². The molecule has 7 atom stereocenters. The van der Waals surface area contributed by atoms with Crippen LogP contribution in [0.2, 0.25) is 0 Å². The zero-order chi connectivity index (χ0) is 31.4. The van der Waals surface area contributed by atoms with Crippen LogP contribution in [-0.2, 0) is 52.3 Å². The van der Waals surface area contributed by atoms with Crippen molar-refractivity contribution in [2.24, 2.45) is 0 Å². The van der Waals surface area contributed by atoms with Gasteiger partial charge < -0.3 is 49.1 Å². The normalized spacial score (nSPS) is 22.8. The molecule has 1 heterocycles. The van der Waals surface area contributed by atoms with E-state index in [1.807, 2.05) is 0 Å². The smallest absolute Gasteiger partial charge is 0.407 e. The molecule has 0 aromatic heterocycles. The quantitative estimate of drug-likeness (QED) is 0.237. The molecule has 0 unspecified atom stereocenters. The number of hydrogen-bond acceptors (Lipinski definition) is 13. The molecule has 16 nitrogen and oxygen atoms in total. The van der Waals surface area contributed by atoms with Crippen molar-refractivity contribution >= 4 is 41.7 Å². The van der Waals surface area contributed by atoms with Gasteiger partial charge in [0.05, 0.1) is 20.3 Å². The predicted octanol–water partition coefficient (Wildman–Crippen LogP) is 0.631. The van der Waals surface area contributed by atoms with Gasteiger partial charge in [-0.25, -0.2) is 14.4 Å². The summed E-state index contributed by atoms with van der Waals surface area (Å²) in [6, 6.07) is 4.84. The zero-order valence-corrected chi connectivity index (χ0v) is 23.9. The number of amides is 3. The number of para-hydroxylation sites is 1. The summed E-state index contributed by atoms with van der Waals surface area (Å²) >= 11 is 0. The predicted molar refractivity (Wildman–Crippen MR) is 141 cm³/mol. The number of benzene rings is 1. The lowest BCUT2D eigenvalue weighted by atomic mass is 9.96. The lowest BCUT2D eigenvalue weighted by Crippen LogP contribution is -2.67. The first-order valence-corrected chi connectivity index (χ1v) is 12.7. The van der Waals surface area contributed by atoms with Crippen LogP contribution in [0, 0.1) is 0 Å². The number of hydrogen-bond donors (Lipinski definition) is 3. The first kappa shape index (κ1) is 33.8. The average Bonchev–Trinajstić information content (AvgIpc) is 2.93. The van der Waals surface area contributed by atoms with E-state index in [1.54, 1.807) is 30.3 Å². The zero-order valence-electron chi connectivity index (χ0n) is 23.9. The number of carbonyl (C=O) groups is 6. The monoisotopic (exact) mass is 597 g/mol. The van der Waals surface area contributed by atoms with Crippen molar-refractivity contribution in [3.05, 3.63) is 30.3 Å². The van der Waals surface area contributed by atoms with Gasteiger partial charge in [0.15, 0.2) is 24.5 Å². The van der Waals surface area contributed by atoms with Crippen LogP contribution < -0.4 is 16.0 Å². The number of esters is 4. The van der Waals surface area contributed by atoms with Crippen LogP contribution in [0.1, 0.15) is 27.7 Å². The molecule has 0 radical (unpaired) electrons. The van der Waals surface area contributed by atoms with Crippen LogP contribution in [0.25, 0.3) is 0 Å². The Morgan fingerprint density at radius 3 is 2.05 bits per heavy atom. The highest BCUT2D eigenvalue weighted by molar-refractivity contribution is 5.92. The minimum atomic E-state index is -1.54. The Morgan fingerprint density at radius 1 is 0.881 bits per heavy atom. The molecule has 1 aliphatic rings. The third-order valence-electron chi connectivity index (χ3n) is 5.76. The van der Waals surface area contributed by atoms with E-state index < -0.39 is 85.4 Å². The van der Waals surface area contributed by atoms with Crippen molar-refractivity contribution < 1.29 is 61.9 Å². The number of alkyl carbamates (subject to hydrolysis) is 1. The lowest BCUT2D eigenvalue weighted by molar-refractivity contribution is -0.287. The molecule has 16 heteroatoms. The first-order chi connectivity index (χ1) is 19.9. The summed E-state index contributed by atoms with van der Waals surface area (Å²) in [6.07, 6.45) is -7.82. The number of urea groups is 1. The molecule has 232 valence electrons. The molecule has 1 saturated heterocycles. The Morgan fingerprint density at radius 2 is 1.50 bits per heavy atom. The van der Waals surface area contributed by atoms with Crippen LogP contribution in [0.4, 0.5) is 15.3 Å². The maximum atomic E-state index is 12.7. The molecular formula is C26H35N3O13. The van der Waals surface area contributed by atoms with Gasteiger partial charge in [-0.2, -0.15) is 0 Å². The molecular weight excluding hydrogens is 562 g/mol. The van der Waals surface area contributed by atoms with Gasteiger partial charge in [-0.3, -0.25) is 14.4 Å². The summed E-state index contributed by atoms with van der Waals surface area (Å²) in [4.78, 5) is 73.1. The summed E-state index contributed by atoms with van der Waals surface area (Å²) in [5.74, 6) is -3.19. The molecule has 1 fully saturated rings. The maximum absolute atomic E-state index is 12.7. The molecule has 3 N–H and O–H groups in total. The highest BCUT2D eigenvalue weighted by Crippen LogP contribution is 2.29. The molecule has 1 aliphatic heterocycles. The summed E-state index contributed by atoms with van der Waals surface area (Å²) < 4.78 is 37.2. The number of nitrogens with one attached hydrogen (secondary N) is 3. The standard InChI is InChI=1S/C26H35N3O13/c1-13(19(23(33)36-5)28-25(34)27-17-10-8-7-9-11-17)39-24-20(29-26(35)37-6)22(41-16(4)32)21(40-15(3)31)18(42-24)12-38-14(2)30/h7-11,13,18-22,24H,12H2,1-6H3,(H,29,35)(H2,27,28,34)/t13-,18-,19+,20-,21+,22-,24+/m1/s1. The van der Waals surface area contributed by atoms with Gasteiger partial charge >= 0.3 is 36.0 Å². The van der Waals surface area contributed by atoms with Crippen molar-refractivity contribution in [2.45, 2.75) is 70.5 Å². The number of anilines is 1. The van der Waals surface area contributed by atoms with Crippen LogP contribution in [0.15, 0.2) is 30.3 Å². The summed E-state index contributed by atoms with van der Waals surface area (Å²) in [5, 5.41) is 7.45. The third-order valence-corrected chi connectivity index (χ3v) is 5.76. The van der Waals surface area contributed by atoms with Gasteiger partial charge in [0.2, 0.25) is 0 Å². The van der Waals surface area contributed by atoms with Crippen molar-refractivity contribution in [3.63, 3.8) is 0 Å². The van der Waals surface area contributed by atoms with Crippen LogP contribution in [0.5, 0.6) is 0 Å². The Labute approximate surface area is 241 Å². The van der Waals surface area contributed by atoms with E-state index in [9.17, 15) is 28.8 Å². The SMILES string of the molecule is COC(=O)N[C@H]1[C@@H](O[C@H](C)[C@H](NC(=O)Nc2ccccc2)C(=O)OC)O[C@H](COC(C)=O)[C@H](OC(C)=O)[C@@H]1OC(C)=O. The minimum absolute atomic E-state index is 0.444. The van der Waals surface area contributed by atoms with E-state index in [4.69, 9.17) is 28.4 Å². The van der Waals surface area contributed by atoms with E-state index in [0.717, 1.165) is 35.0 Å². The van der Waals surface area contributed by atoms with E-state index >= 15 is 0 Å². The Bertz CT molecular complexity index is 1120. The molecule has 0 spiro atoms. The average molecular weight is 598 g/mol. The summed E-state index contributed by atoms with van der Waals surface area (Å²) in [6.45, 7) is 4.25. The maximum Gasteiger partial charge on any atom is 0.407 e. The van der Waals surface area contributed by atoms with E-state index in [-0.39, 0.29) is 0 Å². The number of ether oxygens (including phenoxy) is 7. The van der Waals surface area contributed by atoms with Gasteiger partial charge in [-0.15, -0.1) is 0 Å². The molecule has 1 aromatic carbocycles. The van der Waals surface area contributed by atoms with Crippen molar-refractivity contribution in [2.75, 3.05) is 26.1 Å². The molecule has 0 aliphatic carbocycles. The second kappa shape index (κ2) is 16.1. The molecule has 42 heavy (non-hydrogen) atoms. The Hall–Kier alpha value is -4.44. The third kappa shape index (κ3) is 10.2. The van der Waals surface area contributed by atoms with Gasteiger partial charge in [0.1, 0.15) is 18.8 Å². The molecule has 0 bridgehead atoms. The van der Waals surface area contributed by atoms with Crippen molar-refractivity contribution in [1.82, 2.24) is 10.6 Å². The van der Waals surface area contributed by atoms with Gasteiger partial charge in [-0.05, 0) is 19.1 Å². The summed E-state index contributed by atoms with van der Waals surface area (Å²) in [5.41, 5.74) is 0.444. The second-order valence-electron chi connectivity index (χ2n) is 8.96. The largest absolute Gasteiger partial charge is 0.467 e. The summed E-state index contributed by atoms with van der Waals surface area (Å²) in [7, 11) is 2.18. The van der Waals surface area contributed by atoms with Gasteiger partial charge in [0.25, 0.3) is 0 Å². The van der Waals surface area contributed by atoms with Crippen LogP contribution in [0.3, 0.4) is 0 Å². The van der Waals surface area contributed by atoms with E-state index in [1.165, 1.54) is 6.92 Å². The van der Waals surface area contributed by atoms with Crippen LogP contribution in [-0.4, -0.2) is 99.6 Å². The highest BCUT2D eigenvalue weighted by Gasteiger charge is 2.52. The number of methoxy groups -OCH3 is 2. The number of rotatable bonds is 11. The molecule has 3 amide bonds.